The maximum Gasteiger partial charge on any atom is 0.156 e. The molecule has 0 atom stereocenters. The number of rotatable bonds is 2. The van der Waals surface area contributed by atoms with Crippen LogP contribution >= 0.6 is 0 Å². The van der Waals surface area contributed by atoms with Crippen LogP contribution in [0.1, 0.15) is 10.4 Å². The molecular formula is C8H7FO3. The molecule has 0 unspecified atom stereocenters. The Labute approximate surface area is 68.4 Å². The Morgan fingerprint density at radius 2 is 2.25 bits per heavy atom. The van der Waals surface area contributed by atoms with E-state index >= 15 is 0 Å². The van der Waals surface area contributed by atoms with Crippen molar-refractivity contribution >= 4 is 6.29 Å². The molecule has 64 valence electrons. The lowest BCUT2D eigenvalue weighted by Crippen LogP contribution is -1.93. The van der Waals surface area contributed by atoms with Crippen molar-refractivity contribution in [3.8, 4) is 11.5 Å². The monoisotopic (exact) mass is 170 g/mol. The third-order valence-electron chi connectivity index (χ3n) is 1.41. The van der Waals surface area contributed by atoms with Gasteiger partial charge in [0.1, 0.15) is 17.3 Å². The highest BCUT2D eigenvalue weighted by Crippen LogP contribution is 2.25. The van der Waals surface area contributed by atoms with Gasteiger partial charge in [0, 0.05) is 12.1 Å². The fourth-order valence-corrected chi connectivity index (χ4v) is 0.862. The van der Waals surface area contributed by atoms with Gasteiger partial charge in [0.25, 0.3) is 0 Å². The number of carbonyl (C=O) groups is 1. The first-order chi connectivity index (χ1) is 5.69. The summed E-state index contributed by atoms with van der Waals surface area (Å²) >= 11 is 0. The molecule has 0 amide bonds. The second kappa shape index (κ2) is 3.21. The summed E-state index contributed by atoms with van der Waals surface area (Å²) in [4.78, 5) is 10.3. The van der Waals surface area contributed by atoms with Crippen molar-refractivity contribution in [2.24, 2.45) is 0 Å². The fourth-order valence-electron chi connectivity index (χ4n) is 0.862. The molecule has 1 rings (SSSR count). The van der Waals surface area contributed by atoms with Gasteiger partial charge < -0.3 is 9.84 Å². The normalized spacial score (nSPS) is 9.50. The molecule has 0 aliphatic carbocycles. The number of phenols is 1. The minimum absolute atomic E-state index is 0.0301. The summed E-state index contributed by atoms with van der Waals surface area (Å²) in [5, 5.41) is 8.91. The van der Waals surface area contributed by atoms with E-state index < -0.39 is 5.82 Å². The zero-order chi connectivity index (χ0) is 9.14. The van der Waals surface area contributed by atoms with Crippen LogP contribution in [0.3, 0.4) is 0 Å². The van der Waals surface area contributed by atoms with E-state index in [9.17, 15) is 9.18 Å². The molecule has 0 spiro atoms. The van der Waals surface area contributed by atoms with Crippen LogP contribution in [0.5, 0.6) is 11.5 Å². The molecule has 12 heavy (non-hydrogen) atoms. The van der Waals surface area contributed by atoms with Crippen molar-refractivity contribution in [2.45, 2.75) is 0 Å². The second-order valence-electron chi connectivity index (χ2n) is 2.16. The SMILES string of the molecule is COc1cc(O)cc(F)c1C=O. The number of aldehydes is 1. The zero-order valence-electron chi connectivity index (χ0n) is 6.37. The van der Waals surface area contributed by atoms with Crippen LogP contribution in [0.4, 0.5) is 4.39 Å². The lowest BCUT2D eigenvalue weighted by molar-refractivity contribution is 0.111. The number of carbonyl (C=O) groups excluding carboxylic acids is 1. The molecule has 1 aromatic rings. The van der Waals surface area contributed by atoms with Gasteiger partial charge in [-0.3, -0.25) is 4.79 Å². The first-order valence-electron chi connectivity index (χ1n) is 3.20. The highest BCUT2D eigenvalue weighted by atomic mass is 19.1. The zero-order valence-corrected chi connectivity index (χ0v) is 6.37. The molecule has 0 saturated heterocycles. The van der Waals surface area contributed by atoms with E-state index in [0.717, 1.165) is 6.07 Å². The van der Waals surface area contributed by atoms with Gasteiger partial charge in [-0.25, -0.2) is 4.39 Å². The van der Waals surface area contributed by atoms with E-state index in [0.29, 0.717) is 6.29 Å². The smallest absolute Gasteiger partial charge is 0.156 e. The molecule has 0 heterocycles. The van der Waals surface area contributed by atoms with Crippen LogP contribution in [0.15, 0.2) is 12.1 Å². The number of benzene rings is 1. The quantitative estimate of drug-likeness (QED) is 0.681. The van der Waals surface area contributed by atoms with E-state index in [1.165, 1.54) is 13.2 Å². The van der Waals surface area contributed by atoms with Crippen molar-refractivity contribution in [3.05, 3.63) is 23.5 Å². The van der Waals surface area contributed by atoms with Gasteiger partial charge in [-0.05, 0) is 0 Å². The number of hydrogen-bond donors (Lipinski definition) is 1. The lowest BCUT2D eigenvalue weighted by Gasteiger charge is -2.04. The number of ether oxygens (including phenoxy) is 1. The Balaban J connectivity index is 3.33. The van der Waals surface area contributed by atoms with Crippen LogP contribution in [-0.2, 0) is 0 Å². The van der Waals surface area contributed by atoms with Crippen LogP contribution in [0, 0.1) is 5.82 Å². The average Bonchev–Trinajstić information content (AvgIpc) is 2.03. The summed E-state index contributed by atoms with van der Waals surface area (Å²) < 4.78 is 17.5. The van der Waals surface area contributed by atoms with Gasteiger partial charge in [-0.1, -0.05) is 0 Å². The van der Waals surface area contributed by atoms with Gasteiger partial charge >= 0.3 is 0 Å². The van der Waals surface area contributed by atoms with Crippen LogP contribution < -0.4 is 4.74 Å². The van der Waals surface area contributed by atoms with Crippen LogP contribution in [0.25, 0.3) is 0 Å². The molecule has 0 aliphatic heterocycles. The van der Waals surface area contributed by atoms with E-state index in [1.54, 1.807) is 0 Å². The minimum atomic E-state index is -0.790. The van der Waals surface area contributed by atoms with Gasteiger partial charge in [0.2, 0.25) is 0 Å². The predicted molar refractivity (Wildman–Crippen MR) is 40.0 cm³/mol. The molecule has 1 N–H and O–H groups in total. The lowest BCUT2D eigenvalue weighted by atomic mass is 10.2. The summed E-state index contributed by atoms with van der Waals surface area (Å²) in [7, 11) is 1.29. The van der Waals surface area contributed by atoms with Gasteiger partial charge in [0.15, 0.2) is 6.29 Å². The van der Waals surface area contributed by atoms with E-state index in [-0.39, 0.29) is 17.1 Å². The molecule has 0 saturated carbocycles. The number of aromatic hydroxyl groups is 1. The number of methoxy groups -OCH3 is 1. The van der Waals surface area contributed by atoms with Gasteiger partial charge in [-0.15, -0.1) is 0 Å². The maximum atomic E-state index is 12.8. The van der Waals surface area contributed by atoms with Crippen molar-refractivity contribution in [1.29, 1.82) is 0 Å². The third-order valence-corrected chi connectivity index (χ3v) is 1.41. The molecule has 0 bridgehead atoms. The third kappa shape index (κ3) is 1.37. The number of halogens is 1. The van der Waals surface area contributed by atoms with E-state index in [1.807, 2.05) is 0 Å². The number of hydrogen-bond acceptors (Lipinski definition) is 3. The fraction of sp³-hybridized carbons (Fsp3) is 0.125. The van der Waals surface area contributed by atoms with Crippen molar-refractivity contribution in [3.63, 3.8) is 0 Å². The molecule has 0 fully saturated rings. The first-order valence-corrected chi connectivity index (χ1v) is 3.20. The van der Waals surface area contributed by atoms with E-state index in [2.05, 4.69) is 4.74 Å². The molecule has 0 radical (unpaired) electrons. The second-order valence-corrected chi connectivity index (χ2v) is 2.16. The van der Waals surface area contributed by atoms with Crippen molar-refractivity contribution in [2.75, 3.05) is 7.11 Å². The Hall–Kier alpha value is -1.58. The van der Waals surface area contributed by atoms with Crippen LogP contribution in [-0.4, -0.2) is 18.5 Å². The summed E-state index contributed by atoms with van der Waals surface area (Å²) in [5.41, 5.74) is -0.185. The first kappa shape index (κ1) is 8.52. The Bertz CT molecular complexity index is 309. The molecule has 1 aromatic carbocycles. The summed E-state index contributed by atoms with van der Waals surface area (Å²) in [6, 6.07) is 2.03. The highest BCUT2D eigenvalue weighted by Gasteiger charge is 2.09. The minimum Gasteiger partial charge on any atom is -0.508 e. The molecule has 0 aromatic heterocycles. The largest absolute Gasteiger partial charge is 0.508 e. The highest BCUT2D eigenvalue weighted by molar-refractivity contribution is 5.80. The van der Waals surface area contributed by atoms with Crippen molar-refractivity contribution in [1.82, 2.24) is 0 Å². The van der Waals surface area contributed by atoms with Gasteiger partial charge in [0.05, 0.1) is 12.7 Å². The van der Waals surface area contributed by atoms with Gasteiger partial charge in [-0.2, -0.15) is 0 Å². The topological polar surface area (TPSA) is 46.5 Å². The predicted octanol–water partition coefficient (Wildman–Crippen LogP) is 1.35. The van der Waals surface area contributed by atoms with E-state index in [4.69, 9.17) is 5.11 Å². The standard InChI is InChI=1S/C8H7FO3/c1-12-8-3-5(11)2-7(9)6(8)4-10/h2-4,11H,1H3. The Morgan fingerprint density at radius 1 is 1.58 bits per heavy atom. The Kier molecular flexibility index (Phi) is 2.28. The Morgan fingerprint density at radius 3 is 2.75 bits per heavy atom. The molecule has 0 aliphatic rings. The maximum absolute atomic E-state index is 12.8. The number of phenolic OH excluding ortho intramolecular Hbond substituents is 1. The van der Waals surface area contributed by atoms with Crippen molar-refractivity contribution < 1.29 is 19.0 Å². The van der Waals surface area contributed by atoms with Crippen LogP contribution in [0.2, 0.25) is 0 Å². The summed E-state index contributed by atoms with van der Waals surface area (Å²) in [6.07, 6.45) is 0.341. The molecule has 3 nitrogen and oxygen atoms in total. The summed E-state index contributed by atoms with van der Waals surface area (Å²) in [6.45, 7) is 0. The molecule has 4 heteroatoms. The average molecular weight is 170 g/mol. The molecular weight excluding hydrogens is 163 g/mol. The summed E-state index contributed by atoms with van der Waals surface area (Å²) in [5.74, 6) is -1.03.